The van der Waals surface area contributed by atoms with Crippen LogP contribution in [0.15, 0.2) is 53.9 Å². The molecule has 5 heteroatoms. The van der Waals surface area contributed by atoms with Gasteiger partial charge in [0.1, 0.15) is 17.4 Å². The summed E-state index contributed by atoms with van der Waals surface area (Å²) < 4.78 is 5.80. The number of nitrogens with zero attached hydrogens (tertiary/aromatic N) is 1. The predicted molar refractivity (Wildman–Crippen MR) is 104 cm³/mol. The molecule has 3 aromatic rings. The van der Waals surface area contributed by atoms with Crippen molar-refractivity contribution in [3.63, 3.8) is 0 Å². The summed E-state index contributed by atoms with van der Waals surface area (Å²) in [6, 6.07) is 15.9. The average molecular weight is 367 g/mol. The van der Waals surface area contributed by atoms with Crippen LogP contribution in [-0.4, -0.2) is 16.1 Å². The van der Waals surface area contributed by atoms with Crippen LogP contribution in [0.2, 0.25) is 0 Å². The number of aliphatic carboxylic acids is 1. The summed E-state index contributed by atoms with van der Waals surface area (Å²) in [4.78, 5) is 15.4. The molecule has 1 aromatic heterocycles. The van der Waals surface area contributed by atoms with Crippen LogP contribution in [0.25, 0.3) is 10.6 Å². The molecule has 134 valence electrons. The number of carboxylic acid groups (broad SMARTS) is 1. The summed E-state index contributed by atoms with van der Waals surface area (Å²) in [7, 11) is 0. The highest BCUT2D eigenvalue weighted by molar-refractivity contribution is 7.13. The van der Waals surface area contributed by atoms with Crippen molar-refractivity contribution in [2.24, 2.45) is 0 Å². The van der Waals surface area contributed by atoms with Gasteiger partial charge in [-0.05, 0) is 30.5 Å². The second-order valence-corrected chi connectivity index (χ2v) is 7.22. The molecule has 4 nitrogen and oxygen atoms in total. The molecule has 0 spiro atoms. The zero-order chi connectivity index (χ0) is 18.5. The van der Waals surface area contributed by atoms with Gasteiger partial charge in [-0.3, -0.25) is 4.79 Å². The Kier molecular flexibility index (Phi) is 5.68. The first-order valence-corrected chi connectivity index (χ1v) is 9.35. The number of carbonyl (C=O) groups is 1. The van der Waals surface area contributed by atoms with Crippen LogP contribution in [0.4, 0.5) is 0 Å². The molecule has 0 saturated heterocycles. The number of hydrogen-bond acceptors (Lipinski definition) is 4. The lowest BCUT2D eigenvalue weighted by atomic mass is 9.98. The molecule has 0 aliphatic rings. The number of thiazole rings is 1. The summed E-state index contributed by atoms with van der Waals surface area (Å²) in [5.41, 5.74) is 4.24. The molecule has 0 bridgehead atoms. The topological polar surface area (TPSA) is 59.4 Å². The minimum atomic E-state index is -0.786. The SMILES string of the molecule is Cc1ccc(-c2nc(COc3ccc(C(C)CC(=O)O)cc3)cs2)cc1. The minimum Gasteiger partial charge on any atom is -0.487 e. The molecule has 1 atom stereocenters. The Bertz CT molecular complexity index is 869. The van der Waals surface area contributed by atoms with E-state index in [-0.39, 0.29) is 12.3 Å². The van der Waals surface area contributed by atoms with Crippen LogP contribution in [-0.2, 0) is 11.4 Å². The van der Waals surface area contributed by atoms with Crippen LogP contribution in [0.5, 0.6) is 5.75 Å². The summed E-state index contributed by atoms with van der Waals surface area (Å²) in [6.07, 6.45) is 0.126. The molecular weight excluding hydrogens is 346 g/mol. The normalized spacial score (nSPS) is 11.9. The second kappa shape index (κ2) is 8.15. The lowest BCUT2D eigenvalue weighted by Gasteiger charge is -2.10. The van der Waals surface area contributed by atoms with Gasteiger partial charge in [0.2, 0.25) is 0 Å². The number of ether oxygens (including phenoxy) is 1. The molecule has 1 heterocycles. The Morgan fingerprint density at radius 3 is 2.50 bits per heavy atom. The molecule has 3 rings (SSSR count). The molecule has 0 radical (unpaired) electrons. The van der Waals surface area contributed by atoms with Gasteiger partial charge in [0.05, 0.1) is 12.1 Å². The van der Waals surface area contributed by atoms with Crippen molar-refractivity contribution < 1.29 is 14.6 Å². The summed E-state index contributed by atoms with van der Waals surface area (Å²) in [5.74, 6) is -0.0518. The van der Waals surface area contributed by atoms with Gasteiger partial charge < -0.3 is 9.84 Å². The Morgan fingerprint density at radius 1 is 1.15 bits per heavy atom. The van der Waals surface area contributed by atoms with E-state index in [0.717, 1.165) is 27.6 Å². The summed E-state index contributed by atoms with van der Waals surface area (Å²) in [6.45, 7) is 4.39. The summed E-state index contributed by atoms with van der Waals surface area (Å²) >= 11 is 1.61. The largest absolute Gasteiger partial charge is 0.487 e. The molecule has 0 saturated carbocycles. The van der Waals surface area contributed by atoms with Gasteiger partial charge in [0.25, 0.3) is 0 Å². The van der Waals surface area contributed by atoms with E-state index in [1.54, 1.807) is 11.3 Å². The minimum absolute atomic E-state index is 0.0165. The smallest absolute Gasteiger partial charge is 0.303 e. The summed E-state index contributed by atoms with van der Waals surface area (Å²) in [5, 5.41) is 11.9. The third-order valence-electron chi connectivity index (χ3n) is 4.17. The molecule has 1 unspecified atom stereocenters. The maximum absolute atomic E-state index is 10.8. The number of benzene rings is 2. The highest BCUT2D eigenvalue weighted by atomic mass is 32.1. The molecule has 0 amide bonds. The fourth-order valence-electron chi connectivity index (χ4n) is 2.63. The van der Waals surface area contributed by atoms with Crippen molar-refractivity contribution in [3.05, 3.63) is 70.7 Å². The van der Waals surface area contributed by atoms with E-state index in [9.17, 15) is 4.79 Å². The molecular formula is C21H21NO3S. The number of carboxylic acids is 1. The van der Waals surface area contributed by atoms with Crippen molar-refractivity contribution in [3.8, 4) is 16.3 Å². The fraction of sp³-hybridized carbons (Fsp3) is 0.238. The van der Waals surface area contributed by atoms with Crippen molar-refractivity contribution in [2.75, 3.05) is 0 Å². The number of rotatable bonds is 7. The van der Waals surface area contributed by atoms with Crippen LogP contribution in [0, 0.1) is 6.92 Å². The van der Waals surface area contributed by atoms with E-state index in [2.05, 4.69) is 36.2 Å². The Hall–Kier alpha value is -2.66. The van der Waals surface area contributed by atoms with Gasteiger partial charge in [-0.25, -0.2) is 4.98 Å². The van der Waals surface area contributed by atoms with E-state index < -0.39 is 5.97 Å². The van der Waals surface area contributed by atoms with Gasteiger partial charge >= 0.3 is 5.97 Å². The fourth-order valence-corrected chi connectivity index (χ4v) is 3.44. The Morgan fingerprint density at radius 2 is 1.85 bits per heavy atom. The number of aryl methyl sites for hydroxylation is 1. The van der Waals surface area contributed by atoms with Crippen molar-refractivity contribution in [1.82, 2.24) is 4.98 Å². The molecule has 0 fully saturated rings. The lowest BCUT2D eigenvalue weighted by molar-refractivity contribution is -0.137. The molecule has 0 aliphatic heterocycles. The van der Waals surface area contributed by atoms with Gasteiger partial charge in [0, 0.05) is 10.9 Å². The van der Waals surface area contributed by atoms with Crippen LogP contribution in [0.1, 0.15) is 36.1 Å². The number of aromatic nitrogens is 1. The predicted octanol–water partition coefficient (Wildman–Crippen LogP) is 5.28. The zero-order valence-corrected chi connectivity index (χ0v) is 15.6. The van der Waals surface area contributed by atoms with Crippen LogP contribution < -0.4 is 4.74 Å². The lowest BCUT2D eigenvalue weighted by Crippen LogP contribution is -2.03. The van der Waals surface area contributed by atoms with Gasteiger partial charge in [-0.2, -0.15) is 0 Å². The molecule has 1 N–H and O–H groups in total. The first-order chi connectivity index (χ1) is 12.5. The van der Waals surface area contributed by atoms with Gasteiger partial charge in [-0.15, -0.1) is 11.3 Å². The number of hydrogen-bond donors (Lipinski definition) is 1. The van der Waals surface area contributed by atoms with Gasteiger partial charge in [0.15, 0.2) is 0 Å². The molecule has 2 aromatic carbocycles. The standard InChI is InChI=1S/C21H21NO3S/c1-14-3-5-17(6-4-14)21-22-18(13-26-21)12-25-19-9-7-16(8-10-19)15(2)11-20(23)24/h3-10,13,15H,11-12H2,1-2H3,(H,23,24). The first kappa shape index (κ1) is 18.1. The quantitative estimate of drug-likeness (QED) is 0.617. The Balaban J connectivity index is 1.59. The van der Waals surface area contributed by atoms with E-state index in [1.165, 1.54) is 5.56 Å². The van der Waals surface area contributed by atoms with Crippen molar-refractivity contribution in [1.29, 1.82) is 0 Å². The highest BCUT2D eigenvalue weighted by Crippen LogP contribution is 2.25. The van der Waals surface area contributed by atoms with Gasteiger partial charge in [-0.1, -0.05) is 48.9 Å². The van der Waals surface area contributed by atoms with E-state index in [4.69, 9.17) is 9.84 Å². The van der Waals surface area contributed by atoms with E-state index >= 15 is 0 Å². The Labute approximate surface area is 157 Å². The van der Waals surface area contributed by atoms with Crippen LogP contribution >= 0.6 is 11.3 Å². The van der Waals surface area contributed by atoms with E-state index in [0.29, 0.717) is 6.61 Å². The molecule has 0 aliphatic carbocycles. The second-order valence-electron chi connectivity index (χ2n) is 6.37. The zero-order valence-electron chi connectivity index (χ0n) is 14.8. The maximum atomic E-state index is 10.8. The van der Waals surface area contributed by atoms with E-state index in [1.807, 2.05) is 36.6 Å². The first-order valence-electron chi connectivity index (χ1n) is 8.47. The average Bonchev–Trinajstić information content (AvgIpc) is 3.09. The van der Waals surface area contributed by atoms with Crippen LogP contribution in [0.3, 0.4) is 0 Å². The maximum Gasteiger partial charge on any atom is 0.303 e. The highest BCUT2D eigenvalue weighted by Gasteiger charge is 2.10. The van der Waals surface area contributed by atoms with Crippen molar-refractivity contribution >= 4 is 17.3 Å². The third kappa shape index (κ3) is 4.70. The monoisotopic (exact) mass is 367 g/mol. The van der Waals surface area contributed by atoms with Crippen molar-refractivity contribution in [2.45, 2.75) is 32.8 Å². The third-order valence-corrected chi connectivity index (χ3v) is 5.11. The molecule has 26 heavy (non-hydrogen) atoms.